The molecule has 0 saturated carbocycles. The van der Waals surface area contributed by atoms with Crippen molar-refractivity contribution < 1.29 is 50.5 Å². The van der Waals surface area contributed by atoms with E-state index in [9.17, 15) is 26.4 Å². The molecule has 0 spiro atoms. The Labute approximate surface area is 145 Å². The molecule has 0 aromatic carbocycles. The quantitative estimate of drug-likeness (QED) is 0.295. The molecule has 13 heteroatoms. The average molecular weight is 406 g/mol. The minimum Gasteiger partial charge on any atom is -0.478 e. The van der Waals surface area contributed by atoms with Crippen LogP contribution in [0.4, 0.5) is 0 Å². The Morgan fingerprint density at radius 1 is 0.840 bits per heavy atom. The first kappa shape index (κ1) is 25.7. The molecule has 0 heterocycles. The van der Waals surface area contributed by atoms with Crippen LogP contribution in [0.5, 0.6) is 0 Å². The normalized spacial score (nSPS) is 14.4. The maximum Gasteiger partial charge on any atom is 0.328 e. The van der Waals surface area contributed by atoms with Gasteiger partial charge in [-0.3, -0.25) is 9.11 Å². The summed E-state index contributed by atoms with van der Waals surface area (Å²) in [4.78, 5) is 19.1. The molecule has 0 radical (unpaired) electrons. The van der Waals surface area contributed by atoms with Gasteiger partial charge in [0.2, 0.25) is 0 Å². The highest BCUT2D eigenvalue weighted by Gasteiger charge is 2.32. The third-order valence-electron chi connectivity index (χ3n) is 2.39. The van der Waals surface area contributed by atoms with Gasteiger partial charge >= 0.3 is 11.9 Å². The molecule has 0 bridgehead atoms. The van der Waals surface area contributed by atoms with Gasteiger partial charge in [-0.05, 0) is 12.8 Å². The first-order valence-electron chi connectivity index (χ1n) is 6.97. The molecule has 0 amide bonds. The van der Waals surface area contributed by atoms with Gasteiger partial charge in [-0.25, -0.2) is 9.59 Å². The zero-order valence-electron chi connectivity index (χ0n) is 13.6. The SMILES string of the molecule is CCCC(OC(CCC)S(=O)(=O)O)S(=O)(=O)O.O=C(O)/C=C\C(=O)O. The van der Waals surface area contributed by atoms with Crippen molar-refractivity contribution >= 4 is 32.2 Å². The lowest BCUT2D eigenvalue weighted by atomic mass is 10.3. The number of carboxylic acids is 2. The van der Waals surface area contributed by atoms with Crippen LogP contribution in [0, 0.1) is 0 Å². The van der Waals surface area contributed by atoms with Crippen molar-refractivity contribution in [2.24, 2.45) is 0 Å². The summed E-state index contributed by atoms with van der Waals surface area (Å²) in [6.07, 6.45) is 1.79. The number of carbonyl (C=O) groups is 2. The number of hydrogen-bond donors (Lipinski definition) is 4. The molecule has 0 aliphatic rings. The van der Waals surface area contributed by atoms with Gasteiger partial charge < -0.3 is 14.9 Å². The molecular weight excluding hydrogens is 384 g/mol. The van der Waals surface area contributed by atoms with E-state index in [0.717, 1.165) is 0 Å². The fourth-order valence-electron chi connectivity index (χ4n) is 1.36. The van der Waals surface area contributed by atoms with Crippen LogP contribution >= 0.6 is 0 Å². The van der Waals surface area contributed by atoms with Gasteiger partial charge in [-0.2, -0.15) is 16.8 Å². The topological polar surface area (TPSA) is 193 Å². The van der Waals surface area contributed by atoms with Crippen molar-refractivity contribution in [1.29, 1.82) is 0 Å². The monoisotopic (exact) mass is 406 g/mol. The molecule has 2 unspecified atom stereocenters. The van der Waals surface area contributed by atoms with Crippen LogP contribution in [0.15, 0.2) is 12.2 Å². The highest BCUT2D eigenvalue weighted by molar-refractivity contribution is 7.87. The molecule has 0 aliphatic heterocycles. The Hall–Kier alpha value is -1.54. The number of aliphatic carboxylic acids is 2. The maximum absolute atomic E-state index is 10.9. The molecule has 0 rings (SSSR count). The molecule has 0 fully saturated rings. The standard InChI is InChI=1S/C8H18O7S2.C4H4O4/c1-3-5-7(16(9,10)11)15-8(6-4-2)17(12,13)14;5-3(6)1-2-4(7)8/h7-8H,3-6H2,1-2H3,(H,9,10,11)(H,12,13,14);1-2H,(H,5,6)(H,7,8)/b;2-1-. The Morgan fingerprint density at radius 3 is 1.28 bits per heavy atom. The molecule has 4 N–H and O–H groups in total. The highest BCUT2D eigenvalue weighted by atomic mass is 32.2. The van der Waals surface area contributed by atoms with Crippen molar-refractivity contribution in [3.05, 3.63) is 12.2 Å². The number of hydrogen-bond acceptors (Lipinski definition) is 7. The summed E-state index contributed by atoms with van der Waals surface area (Å²) in [6.45, 7) is 3.31. The minimum atomic E-state index is -4.50. The van der Waals surface area contributed by atoms with Crippen LogP contribution in [0.1, 0.15) is 39.5 Å². The smallest absolute Gasteiger partial charge is 0.328 e. The predicted molar refractivity (Wildman–Crippen MR) is 86.0 cm³/mol. The largest absolute Gasteiger partial charge is 0.478 e. The lowest BCUT2D eigenvalue weighted by Gasteiger charge is -2.20. The summed E-state index contributed by atoms with van der Waals surface area (Å²) >= 11 is 0. The zero-order chi connectivity index (χ0) is 20.3. The Bertz CT molecular complexity index is 593. The van der Waals surface area contributed by atoms with Crippen molar-refractivity contribution in [2.45, 2.75) is 50.4 Å². The van der Waals surface area contributed by atoms with E-state index in [0.29, 0.717) is 25.0 Å². The van der Waals surface area contributed by atoms with E-state index < -0.39 is 43.0 Å². The third kappa shape index (κ3) is 14.5. The number of ether oxygens (including phenoxy) is 1. The van der Waals surface area contributed by atoms with Gasteiger partial charge in [0.25, 0.3) is 20.2 Å². The van der Waals surface area contributed by atoms with Gasteiger partial charge in [0.05, 0.1) is 0 Å². The Morgan fingerprint density at radius 2 is 1.12 bits per heavy atom. The fraction of sp³-hybridized carbons (Fsp3) is 0.667. The van der Waals surface area contributed by atoms with Gasteiger partial charge in [0, 0.05) is 12.2 Å². The molecular formula is C12H22O11S2. The van der Waals surface area contributed by atoms with Gasteiger partial charge in [-0.1, -0.05) is 26.7 Å². The Kier molecular flexibility index (Phi) is 12.3. The third-order valence-corrected chi connectivity index (χ3v) is 4.41. The number of rotatable bonds is 10. The lowest BCUT2D eigenvalue weighted by Crippen LogP contribution is -2.33. The van der Waals surface area contributed by atoms with Crippen LogP contribution < -0.4 is 0 Å². The van der Waals surface area contributed by atoms with Gasteiger partial charge in [0.1, 0.15) is 0 Å². The summed E-state index contributed by atoms with van der Waals surface area (Å²) in [7, 11) is -9.00. The molecule has 0 saturated heterocycles. The second-order valence-electron chi connectivity index (χ2n) is 4.61. The average Bonchev–Trinajstić information content (AvgIpc) is 2.42. The number of carboxylic acid groups (broad SMARTS) is 2. The van der Waals surface area contributed by atoms with Crippen molar-refractivity contribution in [3.63, 3.8) is 0 Å². The van der Waals surface area contributed by atoms with Crippen molar-refractivity contribution in [3.8, 4) is 0 Å². The first-order valence-corrected chi connectivity index (χ1v) is 9.98. The summed E-state index contributed by atoms with van der Waals surface area (Å²) in [5, 5.41) is 15.6. The van der Waals surface area contributed by atoms with E-state index in [2.05, 4.69) is 0 Å². The molecule has 148 valence electrons. The van der Waals surface area contributed by atoms with Crippen molar-refractivity contribution in [1.82, 2.24) is 0 Å². The molecule has 25 heavy (non-hydrogen) atoms. The summed E-state index contributed by atoms with van der Waals surface area (Å²) in [6, 6.07) is 0. The second kappa shape index (κ2) is 11.9. The van der Waals surface area contributed by atoms with E-state index in [-0.39, 0.29) is 12.8 Å². The van der Waals surface area contributed by atoms with Gasteiger partial charge in [0.15, 0.2) is 10.9 Å². The van der Waals surface area contributed by atoms with E-state index in [1.807, 2.05) is 0 Å². The lowest BCUT2D eigenvalue weighted by molar-refractivity contribution is -0.134. The van der Waals surface area contributed by atoms with Crippen LogP contribution in [0.25, 0.3) is 0 Å². The maximum atomic E-state index is 10.9. The van der Waals surface area contributed by atoms with Crippen LogP contribution in [0.2, 0.25) is 0 Å². The minimum absolute atomic E-state index is 0.0471. The Balaban J connectivity index is 0. The predicted octanol–water partition coefficient (Wildman–Crippen LogP) is 0.743. The fourth-order valence-corrected chi connectivity index (χ4v) is 3.04. The molecule has 0 aliphatic carbocycles. The van der Waals surface area contributed by atoms with Crippen LogP contribution in [-0.4, -0.2) is 59.0 Å². The molecule has 0 aromatic heterocycles. The summed E-state index contributed by atoms with van der Waals surface area (Å²) in [5.41, 5.74) is -3.27. The van der Waals surface area contributed by atoms with E-state index >= 15 is 0 Å². The second-order valence-corrected chi connectivity index (χ2v) is 7.72. The molecule has 0 aromatic rings. The van der Waals surface area contributed by atoms with Crippen molar-refractivity contribution in [2.75, 3.05) is 0 Å². The summed E-state index contributed by atoms with van der Waals surface area (Å²) < 4.78 is 66.3. The summed E-state index contributed by atoms with van der Waals surface area (Å²) in [5.74, 6) is -2.51. The van der Waals surface area contributed by atoms with Gasteiger partial charge in [-0.15, -0.1) is 0 Å². The highest BCUT2D eigenvalue weighted by Crippen LogP contribution is 2.17. The zero-order valence-corrected chi connectivity index (χ0v) is 15.2. The van der Waals surface area contributed by atoms with E-state index in [4.69, 9.17) is 24.1 Å². The van der Waals surface area contributed by atoms with E-state index in [1.165, 1.54) is 0 Å². The van der Waals surface area contributed by atoms with E-state index in [1.54, 1.807) is 13.8 Å². The molecule has 11 nitrogen and oxygen atoms in total. The molecule has 2 atom stereocenters. The van der Waals surface area contributed by atoms with Crippen LogP contribution in [-0.2, 0) is 34.6 Å². The van der Waals surface area contributed by atoms with Crippen LogP contribution in [0.3, 0.4) is 0 Å². The first-order chi connectivity index (χ1) is 11.3.